The number of ether oxygens (including phenoxy) is 1. The first-order valence-electron chi connectivity index (χ1n) is 6.33. The summed E-state index contributed by atoms with van der Waals surface area (Å²) < 4.78 is 7.03. The van der Waals surface area contributed by atoms with Crippen molar-refractivity contribution in [3.63, 3.8) is 0 Å². The SMILES string of the molecule is CCOc1cccc(Cl)c1Cn1cc(C)c(O)cc1=O. The molecule has 0 saturated heterocycles. The van der Waals surface area contributed by atoms with Crippen LogP contribution in [-0.2, 0) is 6.54 Å². The topological polar surface area (TPSA) is 51.5 Å². The van der Waals surface area contributed by atoms with E-state index in [1.54, 1.807) is 19.2 Å². The van der Waals surface area contributed by atoms with Crippen LogP contribution in [0.15, 0.2) is 35.3 Å². The molecule has 0 unspecified atom stereocenters. The van der Waals surface area contributed by atoms with Gasteiger partial charge in [-0.1, -0.05) is 17.7 Å². The Hall–Kier alpha value is -1.94. The molecule has 0 aliphatic carbocycles. The van der Waals surface area contributed by atoms with Crippen molar-refractivity contribution in [3.8, 4) is 11.5 Å². The van der Waals surface area contributed by atoms with Gasteiger partial charge in [-0.15, -0.1) is 0 Å². The minimum Gasteiger partial charge on any atom is -0.507 e. The molecule has 0 aliphatic rings. The highest BCUT2D eigenvalue weighted by molar-refractivity contribution is 6.31. The molecule has 0 aliphatic heterocycles. The third-order valence-corrected chi connectivity index (χ3v) is 3.36. The number of pyridine rings is 1. The van der Waals surface area contributed by atoms with Crippen LogP contribution in [0.5, 0.6) is 11.5 Å². The molecular formula is C15H16ClNO3. The van der Waals surface area contributed by atoms with Gasteiger partial charge in [0, 0.05) is 28.4 Å². The Kier molecular flexibility index (Phi) is 4.35. The molecule has 106 valence electrons. The molecule has 0 saturated carbocycles. The molecular weight excluding hydrogens is 278 g/mol. The normalized spacial score (nSPS) is 10.6. The van der Waals surface area contributed by atoms with Gasteiger partial charge < -0.3 is 14.4 Å². The number of benzene rings is 1. The average Bonchev–Trinajstić information content (AvgIpc) is 2.40. The van der Waals surface area contributed by atoms with Crippen molar-refractivity contribution in [2.45, 2.75) is 20.4 Å². The monoisotopic (exact) mass is 293 g/mol. The van der Waals surface area contributed by atoms with Crippen molar-refractivity contribution in [1.29, 1.82) is 0 Å². The smallest absolute Gasteiger partial charge is 0.254 e. The summed E-state index contributed by atoms with van der Waals surface area (Å²) >= 11 is 6.19. The van der Waals surface area contributed by atoms with Gasteiger partial charge in [-0.25, -0.2) is 0 Å². The lowest BCUT2D eigenvalue weighted by atomic mass is 10.2. The minimum atomic E-state index is -0.282. The fourth-order valence-corrected chi connectivity index (χ4v) is 2.18. The zero-order valence-corrected chi connectivity index (χ0v) is 12.1. The number of aromatic nitrogens is 1. The zero-order chi connectivity index (χ0) is 14.7. The van der Waals surface area contributed by atoms with Crippen LogP contribution in [0.25, 0.3) is 0 Å². The van der Waals surface area contributed by atoms with E-state index >= 15 is 0 Å². The van der Waals surface area contributed by atoms with E-state index in [1.165, 1.54) is 10.6 Å². The lowest BCUT2D eigenvalue weighted by Crippen LogP contribution is -2.20. The van der Waals surface area contributed by atoms with E-state index < -0.39 is 0 Å². The van der Waals surface area contributed by atoms with Crippen LogP contribution in [0.4, 0.5) is 0 Å². The van der Waals surface area contributed by atoms with E-state index in [2.05, 4.69) is 0 Å². The Morgan fingerprint density at radius 3 is 2.85 bits per heavy atom. The van der Waals surface area contributed by atoms with E-state index in [1.807, 2.05) is 19.1 Å². The summed E-state index contributed by atoms with van der Waals surface area (Å²) in [5.74, 6) is 0.660. The van der Waals surface area contributed by atoms with Crippen LogP contribution in [0.1, 0.15) is 18.1 Å². The van der Waals surface area contributed by atoms with Gasteiger partial charge >= 0.3 is 0 Å². The van der Waals surface area contributed by atoms with Crippen LogP contribution in [0, 0.1) is 6.92 Å². The molecule has 1 heterocycles. The summed E-state index contributed by atoms with van der Waals surface area (Å²) in [6, 6.07) is 6.59. The molecule has 1 N–H and O–H groups in total. The first kappa shape index (κ1) is 14.5. The molecule has 0 amide bonds. The van der Waals surface area contributed by atoms with Gasteiger partial charge in [0.1, 0.15) is 11.5 Å². The third-order valence-electron chi connectivity index (χ3n) is 3.00. The molecule has 0 spiro atoms. The second kappa shape index (κ2) is 6.01. The Bertz CT molecular complexity index is 679. The van der Waals surface area contributed by atoms with Crippen molar-refractivity contribution in [3.05, 3.63) is 57.0 Å². The maximum atomic E-state index is 11.9. The summed E-state index contributed by atoms with van der Waals surface area (Å²) in [6.45, 7) is 4.45. The molecule has 0 radical (unpaired) electrons. The summed E-state index contributed by atoms with van der Waals surface area (Å²) in [6.07, 6.45) is 1.61. The maximum absolute atomic E-state index is 11.9. The molecule has 0 fully saturated rings. The van der Waals surface area contributed by atoms with Crippen molar-refractivity contribution in [2.75, 3.05) is 6.61 Å². The Balaban J connectivity index is 2.45. The first-order valence-corrected chi connectivity index (χ1v) is 6.71. The number of hydrogen-bond donors (Lipinski definition) is 1. The first-order chi connectivity index (χ1) is 9.52. The van der Waals surface area contributed by atoms with E-state index in [-0.39, 0.29) is 11.3 Å². The molecule has 20 heavy (non-hydrogen) atoms. The zero-order valence-electron chi connectivity index (χ0n) is 11.4. The molecule has 2 rings (SSSR count). The van der Waals surface area contributed by atoms with Crippen LogP contribution >= 0.6 is 11.6 Å². The highest BCUT2D eigenvalue weighted by Gasteiger charge is 2.10. The number of nitrogens with zero attached hydrogens (tertiary/aromatic N) is 1. The Morgan fingerprint density at radius 2 is 2.15 bits per heavy atom. The summed E-state index contributed by atoms with van der Waals surface area (Å²) in [4.78, 5) is 11.9. The number of hydrogen-bond acceptors (Lipinski definition) is 3. The maximum Gasteiger partial charge on any atom is 0.254 e. The van der Waals surface area contributed by atoms with Gasteiger partial charge in [0.25, 0.3) is 5.56 Å². The van der Waals surface area contributed by atoms with E-state index in [9.17, 15) is 9.90 Å². The molecule has 2 aromatic rings. The van der Waals surface area contributed by atoms with Gasteiger partial charge in [0.05, 0.1) is 13.2 Å². The minimum absolute atomic E-state index is 0.00422. The standard InChI is InChI=1S/C15H16ClNO3/c1-3-20-14-6-4-5-12(16)11(14)9-17-8-10(2)13(18)7-15(17)19/h4-8,18H,3,9H2,1-2H3. The predicted molar refractivity (Wildman–Crippen MR) is 78.8 cm³/mol. The average molecular weight is 294 g/mol. The quantitative estimate of drug-likeness (QED) is 0.943. The highest BCUT2D eigenvalue weighted by atomic mass is 35.5. The molecule has 1 aromatic heterocycles. The van der Waals surface area contributed by atoms with Crippen LogP contribution in [0.2, 0.25) is 5.02 Å². The number of rotatable bonds is 4. The molecule has 5 heteroatoms. The molecule has 1 aromatic carbocycles. The lowest BCUT2D eigenvalue weighted by Gasteiger charge is -2.14. The second-order valence-electron chi connectivity index (χ2n) is 4.46. The van der Waals surface area contributed by atoms with Crippen molar-refractivity contribution >= 4 is 11.6 Å². The second-order valence-corrected chi connectivity index (χ2v) is 4.86. The predicted octanol–water partition coefficient (Wildman–Crippen LogP) is 2.96. The molecule has 4 nitrogen and oxygen atoms in total. The van der Waals surface area contributed by atoms with Gasteiger partial charge in [0.15, 0.2) is 0 Å². The van der Waals surface area contributed by atoms with Crippen molar-refractivity contribution in [2.24, 2.45) is 0 Å². The fraction of sp³-hybridized carbons (Fsp3) is 0.267. The number of halogens is 1. The van der Waals surface area contributed by atoms with E-state index in [0.29, 0.717) is 29.5 Å². The fourth-order valence-electron chi connectivity index (χ4n) is 1.95. The Labute approximate surface area is 122 Å². The van der Waals surface area contributed by atoms with Crippen molar-refractivity contribution in [1.82, 2.24) is 4.57 Å². The Morgan fingerprint density at radius 1 is 1.40 bits per heavy atom. The summed E-state index contributed by atoms with van der Waals surface area (Å²) in [5.41, 5.74) is 1.10. The van der Waals surface area contributed by atoms with E-state index in [0.717, 1.165) is 5.56 Å². The van der Waals surface area contributed by atoms with Crippen LogP contribution in [-0.4, -0.2) is 16.3 Å². The van der Waals surface area contributed by atoms with Gasteiger partial charge in [0.2, 0.25) is 0 Å². The summed E-state index contributed by atoms with van der Waals surface area (Å²) in [5, 5.41) is 10.1. The lowest BCUT2D eigenvalue weighted by molar-refractivity contribution is 0.335. The van der Waals surface area contributed by atoms with Gasteiger partial charge in [-0.05, 0) is 26.0 Å². The highest BCUT2D eigenvalue weighted by Crippen LogP contribution is 2.27. The van der Waals surface area contributed by atoms with E-state index in [4.69, 9.17) is 16.3 Å². The van der Waals surface area contributed by atoms with Gasteiger partial charge in [-0.3, -0.25) is 4.79 Å². The van der Waals surface area contributed by atoms with Crippen molar-refractivity contribution < 1.29 is 9.84 Å². The van der Waals surface area contributed by atoms with Crippen LogP contribution in [0.3, 0.4) is 0 Å². The largest absolute Gasteiger partial charge is 0.507 e. The molecule has 0 atom stereocenters. The molecule has 0 bridgehead atoms. The number of aryl methyl sites for hydroxylation is 1. The third kappa shape index (κ3) is 2.96. The van der Waals surface area contributed by atoms with Crippen LogP contribution < -0.4 is 10.3 Å². The summed E-state index contributed by atoms with van der Waals surface area (Å²) in [7, 11) is 0. The number of aromatic hydroxyl groups is 1. The van der Waals surface area contributed by atoms with Gasteiger partial charge in [-0.2, -0.15) is 0 Å².